The summed E-state index contributed by atoms with van der Waals surface area (Å²) in [5.74, 6) is -0.0415. The van der Waals surface area contributed by atoms with Gasteiger partial charge in [0.25, 0.3) is 5.91 Å². The van der Waals surface area contributed by atoms with Gasteiger partial charge in [0.05, 0.1) is 5.69 Å². The van der Waals surface area contributed by atoms with E-state index >= 15 is 0 Å². The van der Waals surface area contributed by atoms with Gasteiger partial charge in [-0.05, 0) is 36.6 Å². The fraction of sp³-hybridized carbons (Fsp3) is 0.357. The van der Waals surface area contributed by atoms with E-state index in [1.165, 1.54) is 0 Å². The summed E-state index contributed by atoms with van der Waals surface area (Å²) in [4.78, 5) is 12.0. The van der Waals surface area contributed by atoms with E-state index in [0.29, 0.717) is 5.69 Å². The predicted molar refractivity (Wildman–Crippen MR) is 71.7 cm³/mol. The highest BCUT2D eigenvalue weighted by Gasteiger charge is 2.16. The van der Waals surface area contributed by atoms with Crippen molar-refractivity contribution >= 4 is 11.6 Å². The second-order valence-corrected chi connectivity index (χ2v) is 4.49. The monoisotopic (exact) mass is 246 g/mol. The van der Waals surface area contributed by atoms with E-state index in [4.69, 9.17) is 0 Å². The number of hydrogen-bond acceptors (Lipinski definition) is 3. The molecule has 0 saturated carbocycles. The molecule has 1 aromatic carbocycles. The minimum atomic E-state index is -0.143. The largest absolute Gasteiger partial charge is 0.506 e. The third-order valence-corrected chi connectivity index (χ3v) is 3.27. The van der Waals surface area contributed by atoms with Gasteiger partial charge in [-0.15, -0.1) is 0 Å². The first-order valence-corrected chi connectivity index (χ1v) is 6.14. The van der Waals surface area contributed by atoms with Crippen LogP contribution in [0.4, 0.5) is 5.69 Å². The van der Waals surface area contributed by atoms with Crippen LogP contribution in [0.1, 0.15) is 19.4 Å². The van der Waals surface area contributed by atoms with Crippen LogP contribution in [0.15, 0.2) is 29.3 Å². The molecule has 1 heterocycles. The van der Waals surface area contributed by atoms with Gasteiger partial charge in [-0.1, -0.05) is 13.0 Å². The van der Waals surface area contributed by atoms with Crippen LogP contribution < -0.4 is 10.6 Å². The molecule has 0 spiro atoms. The van der Waals surface area contributed by atoms with Crippen molar-refractivity contribution in [2.45, 2.75) is 20.3 Å². The van der Waals surface area contributed by atoms with Gasteiger partial charge in [0.2, 0.25) is 0 Å². The van der Waals surface area contributed by atoms with Crippen molar-refractivity contribution in [3.05, 3.63) is 34.9 Å². The number of phenolic OH excluding ortho intramolecular Hbond substituents is 1. The number of carbonyl (C=O) groups is 1. The highest BCUT2D eigenvalue weighted by atomic mass is 16.3. The number of anilines is 1. The summed E-state index contributed by atoms with van der Waals surface area (Å²) in [6.07, 6.45) is 0.868. The highest BCUT2D eigenvalue weighted by molar-refractivity contribution is 6.04. The van der Waals surface area contributed by atoms with Crippen molar-refractivity contribution in [1.82, 2.24) is 5.32 Å². The van der Waals surface area contributed by atoms with Crippen LogP contribution in [0.25, 0.3) is 0 Å². The van der Waals surface area contributed by atoms with E-state index < -0.39 is 0 Å². The normalized spacial score (nSPS) is 14.0. The quantitative estimate of drug-likeness (QED) is 0.563. The lowest BCUT2D eigenvalue weighted by Crippen LogP contribution is -2.36. The topological polar surface area (TPSA) is 61.4 Å². The van der Waals surface area contributed by atoms with E-state index in [2.05, 4.69) is 10.6 Å². The second-order valence-electron chi connectivity index (χ2n) is 4.49. The first-order chi connectivity index (χ1) is 8.61. The second kappa shape index (κ2) is 5.23. The van der Waals surface area contributed by atoms with Crippen molar-refractivity contribution in [2.75, 3.05) is 18.4 Å². The zero-order valence-electron chi connectivity index (χ0n) is 10.7. The average Bonchev–Trinajstić information content (AvgIpc) is 2.29. The van der Waals surface area contributed by atoms with Crippen LogP contribution in [0.5, 0.6) is 5.75 Å². The molecule has 4 nitrogen and oxygen atoms in total. The van der Waals surface area contributed by atoms with Crippen molar-refractivity contribution in [3.63, 3.8) is 0 Å². The number of amides is 1. The average molecular weight is 246 g/mol. The molecule has 0 aliphatic carbocycles. The molecule has 18 heavy (non-hydrogen) atoms. The summed E-state index contributed by atoms with van der Waals surface area (Å²) in [5, 5.41) is 15.6. The number of benzene rings is 1. The van der Waals surface area contributed by atoms with E-state index in [0.717, 1.165) is 36.2 Å². The molecule has 2 rings (SSSR count). The fourth-order valence-corrected chi connectivity index (χ4v) is 1.80. The van der Waals surface area contributed by atoms with Gasteiger partial charge in [0.15, 0.2) is 0 Å². The molecule has 0 bridgehead atoms. The SMILES string of the molecule is CCc1ccc(O)c(NC(=O)C(C)=C2CNC2)c1. The first-order valence-electron chi connectivity index (χ1n) is 6.14. The lowest BCUT2D eigenvalue weighted by atomic mass is 10.0. The smallest absolute Gasteiger partial charge is 0.251 e. The number of aromatic hydroxyl groups is 1. The maximum Gasteiger partial charge on any atom is 0.251 e. The zero-order chi connectivity index (χ0) is 13.1. The molecule has 0 aromatic heterocycles. The summed E-state index contributed by atoms with van der Waals surface area (Å²) in [7, 11) is 0. The van der Waals surface area contributed by atoms with Gasteiger partial charge in [-0.25, -0.2) is 0 Å². The van der Waals surface area contributed by atoms with Crippen molar-refractivity contribution in [3.8, 4) is 5.75 Å². The van der Waals surface area contributed by atoms with Crippen LogP contribution in [0, 0.1) is 0 Å². The van der Waals surface area contributed by atoms with Gasteiger partial charge >= 0.3 is 0 Å². The van der Waals surface area contributed by atoms with Crippen molar-refractivity contribution in [1.29, 1.82) is 0 Å². The molecule has 0 unspecified atom stereocenters. The van der Waals surface area contributed by atoms with Crippen LogP contribution >= 0.6 is 0 Å². The minimum absolute atomic E-state index is 0.102. The molecular formula is C14H18N2O2. The van der Waals surface area contributed by atoms with E-state index in [1.54, 1.807) is 6.07 Å². The van der Waals surface area contributed by atoms with Gasteiger partial charge < -0.3 is 15.7 Å². The number of rotatable bonds is 3. The summed E-state index contributed by atoms with van der Waals surface area (Å²) in [6, 6.07) is 5.28. The first kappa shape index (κ1) is 12.6. The fourth-order valence-electron chi connectivity index (χ4n) is 1.80. The van der Waals surface area contributed by atoms with Crippen molar-refractivity contribution < 1.29 is 9.90 Å². The Balaban J connectivity index is 2.16. The Labute approximate surface area is 107 Å². The molecule has 96 valence electrons. The molecule has 1 aliphatic rings. The third-order valence-electron chi connectivity index (χ3n) is 3.27. The molecule has 3 N–H and O–H groups in total. The summed E-state index contributed by atoms with van der Waals surface area (Å²) >= 11 is 0. The number of carbonyl (C=O) groups excluding carboxylic acids is 1. The molecule has 0 atom stereocenters. The summed E-state index contributed by atoms with van der Waals surface area (Å²) < 4.78 is 0. The van der Waals surface area contributed by atoms with E-state index in [9.17, 15) is 9.90 Å². The number of phenols is 1. The molecule has 1 saturated heterocycles. The van der Waals surface area contributed by atoms with Gasteiger partial charge in [-0.3, -0.25) is 4.79 Å². The van der Waals surface area contributed by atoms with E-state index in [1.807, 2.05) is 26.0 Å². The Hall–Kier alpha value is -1.81. The highest BCUT2D eigenvalue weighted by Crippen LogP contribution is 2.25. The lowest BCUT2D eigenvalue weighted by Gasteiger charge is -2.21. The molecule has 0 radical (unpaired) electrons. The Morgan fingerprint density at radius 1 is 1.44 bits per heavy atom. The Morgan fingerprint density at radius 2 is 2.17 bits per heavy atom. The Bertz CT molecular complexity index is 501. The molecule has 1 amide bonds. The Morgan fingerprint density at radius 3 is 2.72 bits per heavy atom. The van der Waals surface area contributed by atoms with Crippen LogP contribution in [0.2, 0.25) is 0 Å². The van der Waals surface area contributed by atoms with Crippen LogP contribution in [0.3, 0.4) is 0 Å². The van der Waals surface area contributed by atoms with Crippen molar-refractivity contribution in [2.24, 2.45) is 0 Å². The molecule has 4 heteroatoms. The number of hydrogen-bond donors (Lipinski definition) is 3. The Kier molecular flexibility index (Phi) is 3.67. The van der Waals surface area contributed by atoms with Gasteiger partial charge in [0, 0.05) is 18.7 Å². The van der Waals surface area contributed by atoms with Gasteiger partial charge in [0.1, 0.15) is 5.75 Å². The van der Waals surface area contributed by atoms with Crippen LogP contribution in [-0.2, 0) is 11.2 Å². The zero-order valence-corrected chi connectivity index (χ0v) is 10.7. The minimum Gasteiger partial charge on any atom is -0.506 e. The number of nitrogens with one attached hydrogen (secondary N) is 2. The third kappa shape index (κ3) is 2.54. The van der Waals surface area contributed by atoms with Gasteiger partial charge in [-0.2, -0.15) is 0 Å². The molecule has 1 fully saturated rings. The summed E-state index contributed by atoms with van der Waals surface area (Å²) in [6.45, 7) is 5.40. The molecule has 1 aromatic rings. The maximum atomic E-state index is 12.0. The molecular weight excluding hydrogens is 228 g/mol. The lowest BCUT2D eigenvalue weighted by molar-refractivity contribution is -0.112. The standard InChI is InChI=1S/C14H18N2O2/c1-3-10-4-5-13(17)12(6-10)16-14(18)9(2)11-7-15-8-11/h4-6,15,17H,3,7-8H2,1-2H3,(H,16,18). The predicted octanol–water partition coefficient (Wildman–Crippen LogP) is 1.81. The number of aryl methyl sites for hydroxylation is 1. The maximum absolute atomic E-state index is 12.0. The molecule has 1 aliphatic heterocycles. The van der Waals surface area contributed by atoms with Crippen LogP contribution in [-0.4, -0.2) is 24.1 Å². The van der Waals surface area contributed by atoms with E-state index in [-0.39, 0.29) is 11.7 Å². The summed E-state index contributed by atoms with van der Waals surface area (Å²) in [5.41, 5.74) is 3.42.